The monoisotopic (exact) mass is 292 g/mol. The first-order valence-corrected chi connectivity index (χ1v) is 6.47. The second-order valence-corrected chi connectivity index (χ2v) is 4.89. The molecule has 0 aliphatic carbocycles. The van der Waals surface area contributed by atoms with Gasteiger partial charge in [-0.2, -0.15) is 0 Å². The highest BCUT2D eigenvalue weighted by Crippen LogP contribution is 2.24. The van der Waals surface area contributed by atoms with Gasteiger partial charge in [0.2, 0.25) is 0 Å². The maximum atomic E-state index is 12.0. The second-order valence-electron chi connectivity index (χ2n) is 4.89. The molecule has 1 heterocycles. The van der Waals surface area contributed by atoms with E-state index in [1.54, 1.807) is 26.0 Å². The fraction of sp³-hybridized carbons (Fsp3) is 0.333. The van der Waals surface area contributed by atoms with Gasteiger partial charge in [0.05, 0.1) is 6.10 Å². The molecule has 1 aromatic heterocycles. The van der Waals surface area contributed by atoms with Gasteiger partial charge in [0.25, 0.3) is 0 Å². The van der Waals surface area contributed by atoms with Crippen LogP contribution in [0, 0.1) is 6.92 Å². The number of carbonyl (C=O) groups is 1. The topological polar surface area (TPSA) is 97.0 Å². The van der Waals surface area contributed by atoms with Gasteiger partial charge in [0.15, 0.2) is 6.61 Å². The fourth-order valence-corrected chi connectivity index (χ4v) is 2.14. The Hall–Kier alpha value is -2.34. The minimum Gasteiger partial charge on any atom is -0.482 e. The van der Waals surface area contributed by atoms with Crippen molar-refractivity contribution in [2.45, 2.75) is 26.4 Å². The normalized spacial score (nSPS) is 12.3. The van der Waals surface area contributed by atoms with E-state index < -0.39 is 24.3 Å². The van der Waals surface area contributed by atoms with Crippen LogP contribution in [0.3, 0.4) is 0 Å². The summed E-state index contributed by atoms with van der Waals surface area (Å²) in [6, 6.07) is 4.81. The highest BCUT2D eigenvalue weighted by molar-refractivity contribution is 5.82. The largest absolute Gasteiger partial charge is 0.482 e. The number of aryl methyl sites for hydroxylation is 1. The van der Waals surface area contributed by atoms with Crippen LogP contribution in [-0.2, 0) is 11.2 Å². The molecule has 1 aromatic carbocycles. The van der Waals surface area contributed by atoms with Crippen molar-refractivity contribution in [2.24, 2.45) is 0 Å². The summed E-state index contributed by atoms with van der Waals surface area (Å²) >= 11 is 0. The van der Waals surface area contributed by atoms with Crippen LogP contribution in [0.5, 0.6) is 5.75 Å². The van der Waals surface area contributed by atoms with Crippen LogP contribution in [0.4, 0.5) is 0 Å². The lowest BCUT2D eigenvalue weighted by atomic mass is 10.0. The average molecular weight is 292 g/mol. The van der Waals surface area contributed by atoms with Gasteiger partial charge in [0, 0.05) is 23.4 Å². The van der Waals surface area contributed by atoms with Crippen LogP contribution in [0.15, 0.2) is 27.4 Å². The zero-order valence-electron chi connectivity index (χ0n) is 11.8. The predicted molar refractivity (Wildman–Crippen MR) is 75.7 cm³/mol. The van der Waals surface area contributed by atoms with Gasteiger partial charge in [-0.1, -0.05) is 0 Å². The molecule has 2 aromatic rings. The Kier molecular flexibility index (Phi) is 4.28. The number of aliphatic carboxylic acids is 1. The number of carboxylic acid groups (broad SMARTS) is 1. The third-order valence-electron chi connectivity index (χ3n) is 3.12. The summed E-state index contributed by atoms with van der Waals surface area (Å²) in [5, 5.41) is 18.7. The highest BCUT2D eigenvalue weighted by Gasteiger charge is 2.14. The first-order valence-electron chi connectivity index (χ1n) is 6.47. The molecule has 2 rings (SSSR count). The lowest BCUT2D eigenvalue weighted by Crippen LogP contribution is -2.16. The van der Waals surface area contributed by atoms with Crippen LogP contribution in [0.1, 0.15) is 18.1 Å². The molecule has 6 nitrogen and oxygen atoms in total. The number of carboxylic acids is 1. The van der Waals surface area contributed by atoms with Crippen LogP contribution < -0.4 is 10.4 Å². The van der Waals surface area contributed by atoms with E-state index in [1.165, 1.54) is 6.07 Å². The molecule has 0 aliphatic rings. The van der Waals surface area contributed by atoms with Crippen LogP contribution in [0.2, 0.25) is 0 Å². The second kappa shape index (κ2) is 5.97. The lowest BCUT2D eigenvalue weighted by molar-refractivity contribution is -0.139. The number of rotatable bonds is 5. The Balaban J connectivity index is 2.46. The Morgan fingerprint density at radius 1 is 1.43 bits per heavy atom. The lowest BCUT2D eigenvalue weighted by Gasteiger charge is -2.10. The van der Waals surface area contributed by atoms with Gasteiger partial charge >= 0.3 is 11.6 Å². The summed E-state index contributed by atoms with van der Waals surface area (Å²) in [7, 11) is 0. The van der Waals surface area contributed by atoms with Crippen LogP contribution in [-0.4, -0.2) is 28.9 Å². The van der Waals surface area contributed by atoms with E-state index in [4.69, 9.17) is 14.3 Å². The molecule has 21 heavy (non-hydrogen) atoms. The first-order chi connectivity index (χ1) is 9.88. The highest BCUT2D eigenvalue weighted by atomic mass is 16.5. The molecular weight excluding hydrogens is 276 g/mol. The number of benzene rings is 1. The number of aliphatic hydroxyl groups excluding tert-OH is 1. The van der Waals surface area contributed by atoms with Crippen LogP contribution in [0.25, 0.3) is 11.0 Å². The van der Waals surface area contributed by atoms with Crippen molar-refractivity contribution in [1.29, 1.82) is 0 Å². The Morgan fingerprint density at radius 2 is 2.14 bits per heavy atom. The van der Waals surface area contributed by atoms with Gasteiger partial charge in [-0.3, -0.25) is 0 Å². The maximum Gasteiger partial charge on any atom is 0.341 e. The van der Waals surface area contributed by atoms with Crippen molar-refractivity contribution in [2.75, 3.05) is 6.61 Å². The van der Waals surface area contributed by atoms with Crippen molar-refractivity contribution in [1.82, 2.24) is 0 Å². The summed E-state index contributed by atoms with van der Waals surface area (Å²) in [5.41, 5.74) is 1.01. The van der Waals surface area contributed by atoms with E-state index in [0.717, 1.165) is 10.9 Å². The molecule has 112 valence electrons. The van der Waals surface area contributed by atoms with Crippen molar-refractivity contribution >= 4 is 16.9 Å². The van der Waals surface area contributed by atoms with Gasteiger partial charge < -0.3 is 19.4 Å². The summed E-state index contributed by atoms with van der Waals surface area (Å²) in [6.07, 6.45) is -0.413. The van der Waals surface area contributed by atoms with Crippen molar-refractivity contribution in [3.63, 3.8) is 0 Å². The van der Waals surface area contributed by atoms with E-state index in [9.17, 15) is 14.7 Å². The van der Waals surface area contributed by atoms with E-state index in [-0.39, 0.29) is 6.42 Å². The summed E-state index contributed by atoms with van der Waals surface area (Å²) in [4.78, 5) is 22.4. The molecule has 0 unspecified atom stereocenters. The number of fused-ring (bicyclic) bond motifs is 1. The minimum atomic E-state index is -1.08. The zero-order chi connectivity index (χ0) is 15.6. The molecule has 6 heteroatoms. The summed E-state index contributed by atoms with van der Waals surface area (Å²) in [5.74, 6) is -0.768. The van der Waals surface area contributed by atoms with E-state index >= 15 is 0 Å². The third kappa shape index (κ3) is 3.41. The Bertz CT molecular complexity index is 729. The molecule has 0 fully saturated rings. The van der Waals surface area contributed by atoms with E-state index in [1.807, 2.05) is 0 Å². The predicted octanol–water partition coefficient (Wildman–Crippen LogP) is 1.49. The number of aliphatic hydroxyl groups is 1. The van der Waals surface area contributed by atoms with Crippen LogP contribution >= 0.6 is 0 Å². The van der Waals surface area contributed by atoms with Crippen molar-refractivity contribution in [3.05, 3.63) is 39.7 Å². The smallest absolute Gasteiger partial charge is 0.341 e. The fourth-order valence-electron chi connectivity index (χ4n) is 2.14. The summed E-state index contributed by atoms with van der Waals surface area (Å²) in [6.45, 7) is 2.93. The molecule has 0 bridgehead atoms. The summed E-state index contributed by atoms with van der Waals surface area (Å²) < 4.78 is 10.3. The SMILES string of the molecule is Cc1c(C[C@H](C)O)c(=O)oc2cc(OCC(=O)O)ccc12. The quantitative estimate of drug-likeness (QED) is 0.810. The molecule has 0 saturated carbocycles. The maximum absolute atomic E-state index is 12.0. The Labute approximate surface area is 120 Å². The molecule has 0 aliphatic heterocycles. The minimum absolute atomic E-state index is 0.224. The molecule has 0 saturated heterocycles. The number of ether oxygens (including phenoxy) is 1. The average Bonchev–Trinajstić information content (AvgIpc) is 2.40. The molecule has 0 spiro atoms. The standard InChI is InChI=1S/C15H16O6/c1-8(16)5-12-9(2)11-4-3-10(20-7-14(17)18)6-13(11)21-15(12)19/h3-4,6,8,16H,5,7H2,1-2H3,(H,17,18)/t8-/m0/s1. The number of hydrogen-bond acceptors (Lipinski definition) is 5. The molecule has 2 N–H and O–H groups in total. The Morgan fingerprint density at radius 3 is 2.76 bits per heavy atom. The molecule has 0 amide bonds. The number of hydrogen-bond donors (Lipinski definition) is 2. The van der Waals surface area contributed by atoms with E-state index in [0.29, 0.717) is 16.9 Å². The molecule has 1 atom stereocenters. The van der Waals surface area contributed by atoms with Crippen molar-refractivity contribution < 1.29 is 24.2 Å². The van der Waals surface area contributed by atoms with Gasteiger partial charge in [-0.15, -0.1) is 0 Å². The molecule has 0 radical (unpaired) electrons. The van der Waals surface area contributed by atoms with E-state index in [2.05, 4.69) is 0 Å². The first kappa shape index (κ1) is 15.1. The zero-order valence-corrected chi connectivity index (χ0v) is 11.8. The van der Waals surface area contributed by atoms with Gasteiger partial charge in [-0.05, 0) is 31.5 Å². The van der Waals surface area contributed by atoms with Gasteiger partial charge in [0.1, 0.15) is 11.3 Å². The molecular formula is C15H16O6. The van der Waals surface area contributed by atoms with Crippen molar-refractivity contribution in [3.8, 4) is 5.75 Å². The third-order valence-corrected chi connectivity index (χ3v) is 3.12. The van der Waals surface area contributed by atoms with Gasteiger partial charge in [-0.25, -0.2) is 9.59 Å².